The van der Waals surface area contributed by atoms with Gasteiger partial charge in [0.15, 0.2) is 5.76 Å². The Kier molecular flexibility index (Phi) is 6.33. The smallest absolute Gasteiger partial charge is 0.303 e. The minimum atomic E-state index is -0.875. The van der Waals surface area contributed by atoms with Crippen LogP contribution in [0.4, 0.5) is 0 Å². The van der Waals surface area contributed by atoms with E-state index in [1.54, 1.807) is 6.26 Å². The maximum atomic E-state index is 12.4. The summed E-state index contributed by atoms with van der Waals surface area (Å²) in [5, 5.41) is 12.1. The Morgan fingerprint density at radius 1 is 1.31 bits per heavy atom. The van der Waals surface area contributed by atoms with Gasteiger partial charge >= 0.3 is 5.97 Å². The molecule has 0 aromatic carbocycles. The van der Waals surface area contributed by atoms with Crippen LogP contribution in [0.3, 0.4) is 0 Å². The molecule has 5 heterocycles. The van der Waals surface area contributed by atoms with Crippen molar-refractivity contribution in [1.29, 1.82) is 0 Å². The van der Waals surface area contributed by atoms with Crippen LogP contribution >= 0.6 is 0 Å². The minimum Gasteiger partial charge on any atom is -0.481 e. The molecule has 4 unspecified atom stereocenters. The van der Waals surface area contributed by atoms with Gasteiger partial charge in [-0.25, -0.2) is 9.97 Å². The van der Waals surface area contributed by atoms with Gasteiger partial charge in [-0.1, -0.05) is 13.8 Å². The second kappa shape index (κ2) is 9.02. The average Bonchev–Trinajstić information content (AvgIpc) is 3.26. The fourth-order valence-electron chi connectivity index (χ4n) is 5.22. The molecule has 2 N–H and O–H groups in total. The number of carboxylic acid groups (broad SMARTS) is 1. The van der Waals surface area contributed by atoms with E-state index in [0.717, 1.165) is 48.9 Å². The molecule has 4 atom stereocenters. The summed E-state index contributed by atoms with van der Waals surface area (Å²) < 4.78 is 5.53. The maximum Gasteiger partial charge on any atom is 0.303 e. The number of carbonyl (C=O) groups excluding carboxylic acids is 1. The highest BCUT2D eigenvalue weighted by Crippen LogP contribution is 2.41. The number of hydrogen-bond donors (Lipinski definition) is 2. The van der Waals surface area contributed by atoms with E-state index in [9.17, 15) is 9.59 Å². The van der Waals surface area contributed by atoms with Gasteiger partial charge in [-0.3, -0.25) is 14.5 Å². The number of nitrogens with zero attached hydrogens (tertiary/aromatic N) is 3. The van der Waals surface area contributed by atoms with Crippen LogP contribution in [-0.4, -0.2) is 57.5 Å². The van der Waals surface area contributed by atoms with Gasteiger partial charge in [0.25, 0.3) is 0 Å². The van der Waals surface area contributed by atoms with E-state index < -0.39 is 11.4 Å². The number of carbonyl (C=O) groups is 2. The van der Waals surface area contributed by atoms with Crippen molar-refractivity contribution in [2.24, 2.45) is 11.3 Å². The number of nitrogens with one attached hydrogen (secondary N) is 1. The molecule has 1 amide bonds. The molecule has 0 aliphatic carbocycles. The molecule has 172 valence electrons. The Bertz CT molecular complexity index is 972. The van der Waals surface area contributed by atoms with Crippen LogP contribution < -0.4 is 5.32 Å². The summed E-state index contributed by atoms with van der Waals surface area (Å²) >= 11 is 0. The Balaban J connectivity index is 1.37. The lowest BCUT2D eigenvalue weighted by Gasteiger charge is -2.49. The molecule has 0 saturated carbocycles. The molecule has 2 bridgehead atoms. The molecule has 3 fully saturated rings. The Labute approximate surface area is 188 Å². The van der Waals surface area contributed by atoms with Crippen molar-refractivity contribution >= 4 is 11.9 Å². The molecular weight excluding hydrogens is 408 g/mol. The molecule has 3 aliphatic rings. The lowest BCUT2D eigenvalue weighted by atomic mass is 9.74. The first kappa shape index (κ1) is 22.5. The zero-order chi connectivity index (χ0) is 22.9. The van der Waals surface area contributed by atoms with Crippen LogP contribution in [0, 0.1) is 18.3 Å². The molecule has 3 aliphatic heterocycles. The summed E-state index contributed by atoms with van der Waals surface area (Å²) in [5.74, 6) is 1.41. The molecule has 3 saturated heterocycles. The number of aromatic nitrogens is 2. The number of furan rings is 1. The van der Waals surface area contributed by atoms with E-state index >= 15 is 0 Å². The highest BCUT2D eigenvalue weighted by Gasteiger charge is 2.41. The summed E-state index contributed by atoms with van der Waals surface area (Å²) in [5.41, 5.74) is 1.34. The Hall–Kier alpha value is -2.74. The van der Waals surface area contributed by atoms with Gasteiger partial charge in [0, 0.05) is 37.2 Å². The van der Waals surface area contributed by atoms with Gasteiger partial charge in [-0.2, -0.15) is 0 Å². The molecule has 0 radical (unpaired) electrons. The van der Waals surface area contributed by atoms with Crippen LogP contribution in [0.1, 0.15) is 57.0 Å². The van der Waals surface area contributed by atoms with Crippen molar-refractivity contribution in [1.82, 2.24) is 20.2 Å². The highest BCUT2D eigenvalue weighted by atomic mass is 16.4. The molecular formula is C24H32N4O4. The van der Waals surface area contributed by atoms with E-state index in [1.165, 1.54) is 0 Å². The number of fused-ring (bicyclic) bond motifs is 3. The van der Waals surface area contributed by atoms with Gasteiger partial charge in [-0.05, 0) is 55.8 Å². The Morgan fingerprint density at radius 3 is 2.78 bits per heavy atom. The standard InChI is InChI=1S/C24H32N4O4/c1-15-26-19(10-20(27-15)21-5-4-8-32-21)18-14-28-7-6-16(18)9-17(28)13-25-22(29)11-24(2,3)12-23(30)31/h4-5,8,10,16-18H,6-7,9,11-14H2,1-3H3,(H,25,29)(H,30,31). The molecule has 2 aromatic heterocycles. The first-order valence-corrected chi connectivity index (χ1v) is 11.3. The first-order chi connectivity index (χ1) is 15.2. The number of piperidine rings is 3. The van der Waals surface area contributed by atoms with Crippen LogP contribution in [-0.2, 0) is 9.59 Å². The van der Waals surface area contributed by atoms with Crippen molar-refractivity contribution in [2.75, 3.05) is 19.6 Å². The van der Waals surface area contributed by atoms with E-state index in [-0.39, 0.29) is 18.7 Å². The van der Waals surface area contributed by atoms with Crippen LogP contribution in [0.25, 0.3) is 11.5 Å². The van der Waals surface area contributed by atoms with Crippen molar-refractivity contribution in [3.8, 4) is 11.5 Å². The maximum absolute atomic E-state index is 12.4. The molecule has 5 rings (SSSR count). The molecule has 2 aromatic rings. The van der Waals surface area contributed by atoms with Crippen molar-refractivity contribution in [2.45, 2.75) is 58.4 Å². The van der Waals surface area contributed by atoms with Crippen molar-refractivity contribution in [3.63, 3.8) is 0 Å². The zero-order valence-corrected chi connectivity index (χ0v) is 19.0. The van der Waals surface area contributed by atoms with E-state index in [2.05, 4.69) is 21.3 Å². The number of carboxylic acids is 1. The summed E-state index contributed by atoms with van der Waals surface area (Å²) in [4.78, 5) is 35.2. The monoisotopic (exact) mass is 440 g/mol. The molecule has 32 heavy (non-hydrogen) atoms. The fourth-order valence-corrected chi connectivity index (χ4v) is 5.22. The third-order valence-corrected chi connectivity index (χ3v) is 6.69. The third kappa shape index (κ3) is 5.18. The van der Waals surface area contributed by atoms with Crippen molar-refractivity contribution in [3.05, 3.63) is 36.0 Å². The van der Waals surface area contributed by atoms with Crippen LogP contribution in [0.15, 0.2) is 28.9 Å². The summed E-state index contributed by atoms with van der Waals surface area (Å²) in [6, 6.07) is 6.14. The van der Waals surface area contributed by atoms with Crippen LogP contribution in [0.5, 0.6) is 0 Å². The van der Waals surface area contributed by atoms with E-state index in [0.29, 0.717) is 24.4 Å². The summed E-state index contributed by atoms with van der Waals surface area (Å²) in [7, 11) is 0. The van der Waals surface area contributed by atoms with Crippen molar-refractivity contribution < 1.29 is 19.1 Å². The molecule has 8 heteroatoms. The minimum absolute atomic E-state index is 0.0158. The number of aliphatic carboxylic acids is 1. The van der Waals surface area contributed by atoms with E-state index in [4.69, 9.17) is 14.5 Å². The zero-order valence-electron chi connectivity index (χ0n) is 19.0. The largest absolute Gasteiger partial charge is 0.481 e. The second-order valence-electron chi connectivity index (χ2n) is 9.96. The van der Waals surface area contributed by atoms with Gasteiger partial charge in [0.05, 0.1) is 12.7 Å². The summed E-state index contributed by atoms with van der Waals surface area (Å²) in [6.45, 7) is 8.11. The number of rotatable bonds is 8. The average molecular weight is 441 g/mol. The normalized spacial score (nSPS) is 25.0. The lowest BCUT2D eigenvalue weighted by molar-refractivity contribution is -0.139. The molecule has 0 spiro atoms. The van der Waals surface area contributed by atoms with Crippen LogP contribution in [0.2, 0.25) is 0 Å². The number of aryl methyl sites for hydroxylation is 1. The van der Waals surface area contributed by atoms with Gasteiger partial charge < -0.3 is 14.8 Å². The third-order valence-electron chi connectivity index (χ3n) is 6.69. The molecule has 8 nitrogen and oxygen atoms in total. The first-order valence-electron chi connectivity index (χ1n) is 11.3. The number of amides is 1. The van der Waals surface area contributed by atoms with Gasteiger partial charge in [-0.15, -0.1) is 0 Å². The quantitative estimate of drug-likeness (QED) is 0.649. The fraction of sp³-hybridized carbons (Fsp3) is 0.583. The SMILES string of the molecule is Cc1nc(-c2ccco2)cc(C2CN3CCC2CC3CNC(=O)CC(C)(C)CC(=O)O)n1. The van der Waals surface area contributed by atoms with Gasteiger partial charge in [0.1, 0.15) is 11.5 Å². The Morgan fingerprint density at radius 2 is 2.12 bits per heavy atom. The second-order valence-corrected chi connectivity index (χ2v) is 9.96. The topological polar surface area (TPSA) is 109 Å². The predicted molar refractivity (Wildman–Crippen MR) is 119 cm³/mol. The predicted octanol–water partition coefficient (Wildman–Crippen LogP) is 3.23. The lowest BCUT2D eigenvalue weighted by Crippen LogP contribution is -2.56. The van der Waals surface area contributed by atoms with E-state index in [1.807, 2.05) is 32.9 Å². The summed E-state index contributed by atoms with van der Waals surface area (Å²) in [6.07, 6.45) is 4.00. The highest BCUT2D eigenvalue weighted by molar-refractivity contribution is 5.77. The van der Waals surface area contributed by atoms with Gasteiger partial charge in [0.2, 0.25) is 5.91 Å². The number of hydrogen-bond acceptors (Lipinski definition) is 6.